The van der Waals surface area contributed by atoms with Crippen LogP contribution in [0.5, 0.6) is 0 Å². The molecule has 2 aliphatic rings. The van der Waals surface area contributed by atoms with Gasteiger partial charge < -0.3 is 0 Å². The molecular formula is C27H21BrN2O3. The highest BCUT2D eigenvalue weighted by Crippen LogP contribution is 2.48. The van der Waals surface area contributed by atoms with E-state index in [-0.39, 0.29) is 23.7 Å². The number of benzene rings is 3. The van der Waals surface area contributed by atoms with E-state index < -0.39 is 17.7 Å². The van der Waals surface area contributed by atoms with Crippen molar-refractivity contribution in [2.24, 2.45) is 11.8 Å². The van der Waals surface area contributed by atoms with Gasteiger partial charge in [-0.25, -0.2) is 0 Å². The van der Waals surface area contributed by atoms with Crippen LogP contribution in [0.25, 0.3) is 0 Å². The van der Waals surface area contributed by atoms with Gasteiger partial charge in [0.1, 0.15) is 0 Å². The summed E-state index contributed by atoms with van der Waals surface area (Å²) in [4.78, 5) is 40.0. The molecule has 1 fully saturated rings. The van der Waals surface area contributed by atoms with E-state index in [4.69, 9.17) is 0 Å². The number of nitrogens with one attached hydrogen (secondary N) is 1. The summed E-state index contributed by atoms with van der Waals surface area (Å²) in [7, 11) is 0. The minimum Gasteiger partial charge on any atom is -0.272 e. The standard InChI is InChI=1S/C27H21BrN2O3/c28-20-13-7-12-19(16-20)25(31)29-30-26(32)23-21(17-8-3-1-4-9-17)14-15-22(24(23)27(30)33)18-10-5-2-6-11-18/h1-16,21-24H,(H,29,31)/t21-,22-,23-,24-/m1/s1. The molecule has 1 aliphatic carbocycles. The van der Waals surface area contributed by atoms with Crippen molar-refractivity contribution in [1.82, 2.24) is 10.4 Å². The van der Waals surface area contributed by atoms with Gasteiger partial charge in [0.05, 0.1) is 11.8 Å². The van der Waals surface area contributed by atoms with Crippen LogP contribution in [-0.2, 0) is 9.59 Å². The monoisotopic (exact) mass is 500 g/mol. The number of halogens is 1. The molecule has 0 saturated carbocycles. The molecule has 4 atom stereocenters. The maximum atomic E-state index is 13.6. The van der Waals surface area contributed by atoms with Gasteiger partial charge in [-0.1, -0.05) is 94.8 Å². The van der Waals surface area contributed by atoms with Crippen LogP contribution < -0.4 is 5.43 Å². The molecule has 0 bridgehead atoms. The van der Waals surface area contributed by atoms with Crippen LogP contribution in [0.2, 0.25) is 0 Å². The predicted molar refractivity (Wildman–Crippen MR) is 128 cm³/mol. The second-order valence-corrected chi connectivity index (χ2v) is 9.19. The highest BCUT2D eigenvalue weighted by atomic mass is 79.9. The first-order valence-corrected chi connectivity index (χ1v) is 11.6. The second kappa shape index (κ2) is 8.79. The van der Waals surface area contributed by atoms with E-state index in [9.17, 15) is 14.4 Å². The maximum Gasteiger partial charge on any atom is 0.270 e. The van der Waals surface area contributed by atoms with Gasteiger partial charge in [-0.2, -0.15) is 5.01 Å². The van der Waals surface area contributed by atoms with Crippen molar-refractivity contribution in [3.8, 4) is 0 Å². The lowest BCUT2D eigenvalue weighted by Gasteiger charge is -2.32. The number of allylic oxidation sites excluding steroid dienone is 2. The minimum atomic E-state index is -0.599. The molecule has 1 saturated heterocycles. The van der Waals surface area contributed by atoms with Gasteiger partial charge >= 0.3 is 0 Å². The second-order valence-electron chi connectivity index (χ2n) is 8.27. The topological polar surface area (TPSA) is 66.5 Å². The zero-order chi connectivity index (χ0) is 22.9. The van der Waals surface area contributed by atoms with Crippen LogP contribution in [0.4, 0.5) is 0 Å². The Kier molecular flexibility index (Phi) is 5.68. The van der Waals surface area contributed by atoms with Crippen molar-refractivity contribution in [3.05, 3.63) is 118 Å². The molecule has 5 nitrogen and oxygen atoms in total. The Morgan fingerprint density at radius 3 is 1.73 bits per heavy atom. The Labute approximate surface area is 200 Å². The average Bonchev–Trinajstić information content (AvgIpc) is 3.10. The van der Waals surface area contributed by atoms with Crippen molar-refractivity contribution >= 4 is 33.7 Å². The van der Waals surface area contributed by atoms with Crippen molar-refractivity contribution in [2.75, 3.05) is 0 Å². The van der Waals surface area contributed by atoms with E-state index >= 15 is 0 Å². The molecule has 3 aromatic rings. The Balaban J connectivity index is 1.52. The fourth-order valence-electron chi connectivity index (χ4n) is 4.84. The molecule has 0 aromatic heterocycles. The normalized spacial score (nSPS) is 24.0. The third-order valence-electron chi connectivity index (χ3n) is 6.37. The Morgan fingerprint density at radius 2 is 1.24 bits per heavy atom. The molecule has 1 N–H and O–H groups in total. The van der Waals surface area contributed by atoms with E-state index in [1.807, 2.05) is 72.8 Å². The summed E-state index contributed by atoms with van der Waals surface area (Å²) in [6.45, 7) is 0. The zero-order valence-corrected chi connectivity index (χ0v) is 19.2. The van der Waals surface area contributed by atoms with Gasteiger partial charge in [0.2, 0.25) is 0 Å². The van der Waals surface area contributed by atoms with Crippen molar-refractivity contribution < 1.29 is 14.4 Å². The zero-order valence-electron chi connectivity index (χ0n) is 17.6. The number of nitrogens with zero attached hydrogens (tertiary/aromatic N) is 1. The lowest BCUT2D eigenvalue weighted by Crippen LogP contribution is -2.46. The highest BCUT2D eigenvalue weighted by Gasteiger charge is 2.55. The Morgan fingerprint density at radius 1 is 0.727 bits per heavy atom. The van der Waals surface area contributed by atoms with Crippen LogP contribution in [0.15, 0.2) is 102 Å². The summed E-state index contributed by atoms with van der Waals surface area (Å²) in [5, 5.41) is 0.928. The fourth-order valence-corrected chi connectivity index (χ4v) is 5.24. The summed E-state index contributed by atoms with van der Waals surface area (Å²) in [6, 6.07) is 26.2. The largest absolute Gasteiger partial charge is 0.272 e. The number of amides is 3. The number of fused-ring (bicyclic) bond motifs is 1. The number of hydrogen-bond acceptors (Lipinski definition) is 3. The first kappa shape index (κ1) is 21.3. The predicted octanol–water partition coefficient (Wildman–Crippen LogP) is 4.83. The van der Waals surface area contributed by atoms with Gasteiger partial charge in [-0.3, -0.25) is 19.8 Å². The molecule has 6 heteroatoms. The van der Waals surface area contributed by atoms with Crippen LogP contribution in [0.3, 0.4) is 0 Å². The smallest absolute Gasteiger partial charge is 0.270 e. The highest BCUT2D eigenvalue weighted by molar-refractivity contribution is 9.10. The number of hydrogen-bond donors (Lipinski definition) is 1. The molecular weight excluding hydrogens is 480 g/mol. The van der Waals surface area contributed by atoms with E-state index in [0.29, 0.717) is 5.56 Å². The molecule has 0 unspecified atom stereocenters. The molecule has 3 amide bonds. The summed E-state index contributed by atoms with van der Waals surface area (Å²) in [5.41, 5.74) is 4.87. The fraction of sp³-hybridized carbons (Fsp3) is 0.148. The third kappa shape index (κ3) is 3.91. The summed E-state index contributed by atoms with van der Waals surface area (Å²) in [5.74, 6) is -2.96. The number of hydrazine groups is 1. The van der Waals surface area contributed by atoms with E-state index in [0.717, 1.165) is 20.6 Å². The van der Waals surface area contributed by atoms with Crippen LogP contribution >= 0.6 is 15.9 Å². The first-order chi connectivity index (χ1) is 16.0. The molecule has 5 rings (SSSR count). The summed E-state index contributed by atoms with van der Waals surface area (Å²) >= 11 is 3.35. The lowest BCUT2D eigenvalue weighted by atomic mass is 9.68. The Hall–Kier alpha value is -3.51. The molecule has 1 aliphatic heterocycles. The van der Waals surface area contributed by atoms with Gasteiger partial charge in [-0.05, 0) is 29.3 Å². The van der Waals surface area contributed by atoms with Gasteiger partial charge in [0, 0.05) is 21.9 Å². The van der Waals surface area contributed by atoms with E-state index in [2.05, 4.69) is 21.4 Å². The quantitative estimate of drug-likeness (QED) is 0.412. The lowest BCUT2D eigenvalue weighted by molar-refractivity contribution is -0.142. The SMILES string of the molecule is O=C(NN1C(=O)[C@H]2[C@H](C1=O)[C@@H](c1ccccc1)C=C[C@@H]2c1ccccc1)c1cccc(Br)c1. The van der Waals surface area contributed by atoms with Crippen LogP contribution in [0, 0.1) is 11.8 Å². The van der Waals surface area contributed by atoms with Gasteiger partial charge in [-0.15, -0.1) is 0 Å². The molecule has 33 heavy (non-hydrogen) atoms. The Bertz CT molecular complexity index is 1170. The van der Waals surface area contributed by atoms with Crippen LogP contribution in [0.1, 0.15) is 33.3 Å². The van der Waals surface area contributed by atoms with E-state index in [1.165, 1.54) is 0 Å². The molecule has 0 spiro atoms. The van der Waals surface area contributed by atoms with Gasteiger partial charge in [0.15, 0.2) is 0 Å². The summed E-state index contributed by atoms with van der Waals surface area (Å²) < 4.78 is 0.736. The average molecular weight is 501 g/mol. The number of rotatable bonds is 4. The van der Waals surface area contributed by atoms with E-state index in [1.54, 1.807) is 24.3 Å². The molecule has 3 aromatic carbocycles. The van der Waals surface area contributed by atoms with Crippen LogP contribution in [-0.4, -0.2) is 22.7 Å². The van der Waals surface area contributed by atoms with Crippen molar-refractivity contribution in [1.29, 1.82) is 0 Å². The molecule has 164 valence electrons. The number of imide groups is 1. The number of carbonyl (C=O) groups is 3. The third-order valence-corrected chi connectivity index (χ3v) is 6.86. The molecule has 0 radical (unpaired) electrons. The maximum absolute atomic E-state index is 13.6. The van der Waals surface area contributed by atoms with Crippen molar-refractivity contribution in [3.63, 3.8) is 0 Å². The summed E-state index contributed by atoms with van der Waals surface area (Å²) in [6.07, 6.45) is 4.05. The van der Waals surface area contributed by atoms with Gasteiger partial charge in [0.25, 0.3) is 17.7 Å². The molecule has 1 heterocycles. The number of carbonyl (C=O) groups excluding carboxylic acids is 3. The first-order valence-electron chi connectivity index (χ1n) is 10.8. The van der Waals surface area contributed by atoms with Crippen molar-refractivity contribution in [2.45, 2.75) is 11.8 Å². The minimum absolute atomic E-state index is 0.250.